The maximum Gasteiger partial charge on any atom is 0.343 e. The fourth-order valence-corrected chi connectivity index (χ4v) is 8.65. The number of hydrogen-bond acceptors (Lipinski definition) is 20. The molecule has 0 aromatic heterocycles. The molecule has 0 saturated heterocycles. The Morgan fingerprint density at radius 3 is 1.40 bits per heavy atom. The molecule has 0 radical (unpaired) electrons. The van der Waals surface area contributed by atoms with E-state index in [0.717, 1.165) is 31.4 Å². The third-order valence-electron chi connectivity index (χ3n) is 13.3. The smallest absolute Gasteiger partial charge is 0.343 e. The molecule has 3 aromatic rings. The Morgan fingerprint density at radius 1 is 0.475 bits per heavy atom. The van der Waals surface area contributed by atoms with Crippen molar-refractivity contribution >= 4 is 47.8 Å². The lowest BCUT2D eigenvalue weighted by Gasteiger charge is -2.36. The van der Waals surface area contributed by atoms with Crippen molar-refractivity contribution in [2.24, 2.45) is 23.2 Å². The standard InChI is InChI=1S/C60H74O20/c1-6-52(61)73-32-11-10-30-71-40-60(5)28-26-44(27-29-60)57(66)80-51-25-23-47(39-49(51)59(68)76-37-35-70-9-4)78-55(64)42-16-14-41(15-17-42)54(63)77-46-22-24-50(48(38-46)58(67)75-36-34-69-8-3)79-56(65)43-18-20-45(21-19-43)72-31-12-13-33-74-53(62)7-2/h6-7,18-25,38-39,41-42,44H,1-2,8-17,26-37,40H2,3-5H3. The molecule has 0 atom stereocenters. The van der Waals surface area contributed by atoms with Gasteiger partial charge in [0.15, 0.2) is 0 Å². The van der Waals surface area contributed by atoms with Crippen LogP contribution in [0.3, 0.4) is 0 Å². The number of esters is 8. The van der Waals surface area contributed by atoms with Crippen molar-refractivity contribution in [2.75, 3.05) is 72.7 Å². The van der Waals surface area contributed by atoms with Crippen molar-refractivity contribution in [2.45, 2.75) is 97.8 Å². The normalized spacial score (nSPS) is 17.6. The van der Waals surface area contributed by atoms with E-state index in [0.29, 0.717) is 77.5 Å². The fourth-order valence-electron chi connectivity index (χ4n) is 8.65. The van der Waals surface area contributed by atoms with Crippen molar-refractivity contribution in [3.63, 3.8) is 0 Å². The summed E-state index contributed by atoms with van der Waals surface area (Å²) in [6.07, 6.45) is 8.46. The van der Waals surface area contributed by atoms with Crippen LogP contribution in [-0.4, -0.2) is 120 Å². The van der Waals surface area contributed by atoms with Gasteiger partial charge in [-0.1, -0.05) is 20.1 Å². The minimum Gasteiger partial charge on any atom is -0.494 e. The zero-order chi connectivity index (χ0) is 57.7. The van der Waals surface area contributed by atoms with Crippen LogP contribution in [0.2, 0.25) is 0 Å². The quantitative estimate of drug-likeness (QED) is 0.0181. The molecule has 0 spiro atoms. The first-order valence-electron chi connectivity index (χ1n) is 27.2. The van der Waals surface area contributed by atoms with E-state index in [1.807, 2.05) is 0 Å². The number of ether oxygens (including phenoxy) is 12. The minimum atomic E-state index is -0.851. The maximum atomic E-state index is 13.6. The summed E-state index contributed by atoms with van der Waals surface area (Å²) in [6.45, 7) is 15.3. The molecule has 3 aromatic carbocycles. The highest BCUT2D eigenvalue weighted by Gasteiger charge is 2.36. The summed E-state index contributed by atoms with van der Waals surface area (Å²) in [5.41, 5.74) is -0.264. The Kier molecular flexibility index (Phi) is 26.9. The lowest BCUT2D eigenvalue weighted by atomic mass is 9.72. The lowest BCUT2D eigenvalue weighted by molar-refractivity contribution is -0.145. The molecule has 2 aliphatic rings. The van der Waals surface area contributed by atoms with Gasteiger partial charge in [0, 0.05) is 32.0 Å². The first-order chi connectivity index (χ1) is 38.6. The molecule has 5 rings (SSSR count). The van der Waals surface area contributed by atoms with Crippen LogP contribution >= 0.6 is 0 Å². The second-order valence-corrected chi connectivity index (χ2v) is 19.4. The third kappa shape index (κ3) is 21.3. The van der Waals surface area contributed by atoms with Crippen LogP contribution in [-0.2, 0) is 57.1 Å². The molecule has 0 aliphatic heterocycles. The molecule has 20 heteroatoms. The van der Waals surface area contributed by atoms with E-state index in [4.69, 9.17) is 56.8 Å². The van der Waals surface area contributed by atoms with Crippen LogP contribution in [0.5, 0.6) is 28.7 Å². The van der Waals surface area contributed by atoms with Crippen LogP contribution in [0.15, 0.2) is 86.0 Å². The summed E-state index contributed by atoms with van der Waals surface area (Å²) in [7, 11) is 0. The van der Waals surface area contributed by atoms with Gasteiger partial charge in [-0.05, 0) is 157 Å². The van der Waals surface area contributed by atoms with Gasteiger partial charge in [-0.25, -0.2) is 24.0 Å². The lowest BCUT2D eigenvalue weighted by Crippen LogP contribution is -2.33. The van der Waals surface area contributed by atoms with Gasteiger partial charge in [0.1, 0.15) is 53.1 Å². The molecule has 0 heterocycles. The molecule has 2 aliphatic carbocycles. The molecule has 0 bridgehead atoms. The van der Waals surface area contributed by atoms with Crippen molar-refractivity contribution in [1.82, 2.24) is 0 Å². The molecule has 434 valence electrons. The number of unbranched alkanes of at least 4 members (excludes halogenated alkanes) is 2. The Hall–Kier alpha value is -7.42. The largest absolute Gasteiger partial charge is 0.494 e. The van der Waals surface area contributed by atoms with Gasteiger partial charge in [-0.2, -0.15) is 0 Å². The summed E-state index contributed by atoms with van der Waals surface area (Å²) in [6, 6.07) is 14.3. The van der Waals surface area contributed by atoms with Crippen LogP contribution < -0.4 is 23.7 Å². The predicted molar refractivity (Wildman–Crippen MR) is 287 cm³/mol. The van der Waals surface area contributed by atoms with E-state index < -0.39 is 65.5 Å². The Labute approximate surface area is 466 Å². The van der Waals surface area contributed by atoms with Crippen LogP contribution in [0.4, 0.5) is 0 Å². The molecular weight excluding hydrogens is 1040 g/mol. The van der Waals surface area contributed by atoms with E-state index in [9.17, 15) is 38.4 Å². The molecule has 0 N–H and O–H groups in total. The molecule has 0 unspecified atom stereocenters. The molecule has 2 fully saturated rings. The molecule has 80 heavy (non-hydrogen) atoms. The van der Waals surface area contributed by atoms with Gasteiger partial charge < -0.3 is 56.8 Å². The Morgan fingerprint density at radius 2 is 0.912 bits per heavy atom. The number of rotatable bonds is 33. The zero-order valence-corrected chi connectivity index (χ0v) is 46.0. The highest BCUT2D eigenvalue weighted by molar-refractivity contribution is 5.97. The van der Waals surface area contributed by atoms with Gasteiger partial charge >= 0.3 is 47.8 Å². The van der Waals surface area contributed by atoms with Crippen molar-refractivity contribution < 1.29 is 95.2 Å². The van der Waals surface area contributed by atoms with Gasteiger partial charge in [0.2, 0.25) is 0 Å². The fraction of sp³-hybridized carbons (Fsp3) is 0.500. The molecule has 2 saturated carbocycles. The summed E-state index contributed by atoms with van der Waals surface area (Å²) < 4.78 is 66.0. The summed E-state index contributed by atoms with van der Waals surface area (Å²) in [5, 5.41) is 0. The Balaban J connectivity index is 1.14. The summed E-state index contributed by atoms with van der Waals surface area (Å²) in [4.78, 5) is 103. The Bertz CT molecular complexity index is 2550. The number of carbonyl (C=O) groups excluding carboxylic acids is 8. The molecule has 0 amide bonds. The average Bonchev–Trinajstić information content (AvgIpc) is 3.46. The topological polar surface area (TPSA) is 247 Å². The first-order valence-corrected chi connectivity index (χ1v) is 27.2. The van der Waals surface area contributed by atoms with E-state index in [1.165, 1.54) is 48.5 Å². The first kappa shape index (κ1) is 63.4. The minimum absolute atomic E-state index is 0.00628. The highest BCUT2D eigenvalue weighted by atomic mass is 16.6. The van der Waals surface area contributed by atoms with Crippen LogP contribution in [0.1, 0.15) is 129 Å². The van der Waals surface area contributed by atoms with E-state index in [1.54, 1.807) is 26.0 Å². The van der Waals surface area contributed by atoms with Crippen molar-refractivity contribution in [3.05, 3.63) is 103 Å². The third-order valence-corrected chi connectivity index (χ3v) is 13.3. The summed E-state index contributed by atoms with van der Waals surface area (Å²) >= 11 is 0. The van der Waals surface area contributed by atoms with Gasteiger partial charge in [0.25, 0.3) is 0 Å². The monoisotopic (exact) mass is 1110 g/mol. The van der Waals surface area contributed by atoms with Crippen LogP contribution in [0.25, 0.3) is 0 Å². The zero-order valence-electron chi connectivity index (χ0n) is 46.0. The van der Waals surface area contributed by atoms with Crippen molar-refractivity contribution in [3.8, 4) is 28.7 Å². The second kappa shape index (κ2) is 33.9. The van der Waals surface area contributed by atoms with Gasteiger partial charge in [-0.15, -0.1) is 0 Å². The SMILES string of the molecule is C=CC(=O)OCCCCOCC1(C)CCC(C(=O)Oc2ccc(OC(=O)C3CCC(C(=O)Oc4ccc(OC(=O)c5ccc(OCCCCOC(=O)C=C)cc5)c(C(=O)OCCOCC)c4)CC3)cc2C(=O)OCCOCC)CC1. The van der Waals surface area contributed by atoms with E-state index in [2.05, 4.69) is 20.1 Å². The summed E-state index contributed by atoms with van der Waals surface area (Å²) in [5.74, 6) is -6.37. The van der Waals surface area contributed by atoms with Crippen LogP contribution in [0, 0.1) is 23.2 Å². The number of benzene rings is 3. The maximum absolute atomic E-state index is 13.6. The second-order valence-electron chi connectivity index (χ2n) is 19.4. The van der Waals surface area contributed by atoms with Gasteiger partial charge in [-0.3, -0.25) is 14.4 Å². The number of carbonyl (C=O) groups is 8. The van der Waals surface area contributed by atoms with Gasteiger partial charge in [0.05, 0.1) is 63.0 Å². The predicted octanol–water partition coefficient (Wildman–Crippen LogP) is 9.13. The van der Waals surface area contributed by atoms with E-state index in [-0.39, 0.29) is 104 Å². The average molecular weight is 1120 g/mol. The molecule has 20 nitrogen and oxygen atoms in total. The van der Waals surface area contributed by atoms with E-state index >= 15 is 0 Å². The van der Waals surface area contributed by atoms with Crippen molar-refractivity contribution in [1.29, 1.82) is 0 Å². The highest BCUT2D eigenvalue weighted by Crippen LogP contribution is 2.40. The number of hydrogen-bond donors (Lipinski definition) is 0. The molecular formula is C60H74O20.